The average molecular weight is 546 g/mol. The fraction of sp³-hybridized carbons (Fsp3) is 0.516. The maximum absolute atomic E-state index is 13.1. The Morgan fingerprint density at radius 1 is 1.15 bits per heavy atom. The number of piperidine rings is 1. The lowest BCUT2D eigenvalue weighted by molar-refractivity contribution is -0.148. The molecule has 9 rings (SSSR count). The maximum Gasteiger partial charge on any atom is 0.360 e. The van der Waals surface area contributed by atoms with Crippen LogP contribution in [0.25, 0.3) is 0 Å². The molecular formula is C31H31NO6S. The van der Waals surface area contributed by atoms with E-state index in [9.17, 15) is 14.1 Å². The van der Waals surface area contributed by atoms with Crippen LogP contribution in [0.2, 0.25) is 0 Å². The molecule has 5 aliphatic carbocycles. The molecular weight excluding hydrogens is 514 g/mol. The Morgan fingerprint density at radius 2 is 2.00 bits per heavy atom. The normalized spacial score (nSPS) is 38.4. The minimum atomic E-state index is -2.01. The number of carbonyl (C=O) groups is 1. The summed E-state index contributed by atoms with van der Waals surface area (Å²) in [4.78, 5) is 15.6. The Hall–Kier alpha value is -2.52. The first-order valence-electron chi connectivity index (χ1n) is 14.3. The lowest BCUT2D eigenvalue weighted by Crippen LogP contribution is -2.64. The molecule has 2 aromatic rings. The number of rotatable bonds is 8. The van der Waals surface area contributed by atoms with Crippen LogP contribution in [-0.4, -0.2) is 50.9 Å². The average Bonchev–Trinajstić information content (AvgIpc) is 3.78. The first kappa shape index (κ1) is 23.2. The topological polar surface area (TPSA) is 85.1 Å². The molecule has 0 aromatic heterocycles. The van der Waals surface area contributed by atoms with Crippen molar-refractivity contribution < 1.29 is 27.2 Å². The Labute approximate surface area is 230 Å². The number of carbonyl (C=O) groups excluding carboxylic acids is 1. The van der Waals surface area contributed by atoms with Gasteiger partial charge in [-0.25, -0.2) is 0 Å². The zero-order chi connectivity index (χ0) is 26.1. The third-order valence-electron chi connectivity index (χ3n) is 10.8. The van der Waals surface area contributed by atoms with Crippen LogP contribution in [0.4, 0.5) is 0 Å². The molecule has 202 valence electrons. The third-order valence-corrected chi connectivity index (χ3v) is 11.5. The van der Waals surface area contributed by atoms with Gasteiger partial charge in [0.15, 0.2) is 23.4 Å². The van der Waals surface area contributed by atoms with E-state index in [2.05, 4.69) is 41.3 Å². The lowest BCUT2D eigenvalue weighted by atomic mass is 9.59. The Kier molecular flexibility index (Phi) is 4.53. The number of allylic oxidation sites excluding steroid dienone is 1. The predicted molar refractivity (Wildman–Crippen MR) is 143 cm³/mol. The number of benzene rings is 2. The van der Waals surface area contributed by atoms with E-state index in [4.69, 9.17) is 13.1 Å². The fourth-order valence-electron chi connectivity index (χ4n) is 9.00. The van der Waals surface area contributed by atoms with Gasteiger partial charge in [-0.15, -0.1) is 0 Å². The van der Waals surface area contributed by atoms with Gasteiger partial charge in [0.25, 0.3) is 0 Å². The highest BCUT2D eigenvalue weighted by molar-refractivity contribution is 7.75. The van der Waals surface area contributed by atoms with Crippen molar-refractivity contribution in [1.82, 2.24) is 4.90 Å². The van der Waals surface area contributed by atoms with Crippen molar-refractivity contribution in [3.05, 3.63) is 70.3 Å². The zero-order valence-electron chi connectivity index (χ0n) is 21.7. The maximum atomic E-state index is 13.1. The smallest absolute Gasteiger partial charge is 0.360 e. The van der Waals surface area contributed by atoms with Crippen molar-refractivity contribution in [2.24, 2.45) is 5.92 Å². The van der Waals surface area contributed by atoms with Crippen molar-refractivity contribution in [3.63, 3.8) is 0 Å². The molecule has 2 heterocycles. The first-order valence-corrected chi connectivity index (χ1v) is 15.3. The van der Waals surface area contributed by atoms with E-state index in [0.29, 0.717) is 43.1 Å². The summed E-state index contributed by atoms with van der Waals surface area (Å²) in [5.74, 6) is 1.56. The molecule has 1 N–H and O–H groups in total. The molecule has 39 heavy (non-hydrogen) atoms. The van der Waals surface area contributed by atoms with Gasteiger partial charge < -0.3 is 14.0 Å². The highest BCUT2D eigenvalue weighted by Crippen LogP contribution is 2.82. The number of aliphatic hydroxyl groups is 1. The third kappa shape index (κ3) is 2.83. The second-order valence-electron chi connectivity index (χ2n) is 12.6. The van der Waals surface area contributed by atoms with Gasteiger partial charge in [0.05, 0.1) is 29.2 Å². The molecule has 2 aromatic carbocycles. The van der Waals surface area contributed by atoms with Gasteiger partial charge in [-0.1, -0.05) is 42.0 Å². The quantitative estimate of drug-likeness (QED) is 0.401. The van der Waals surface area contributed by atoms with Gasteiger partial charge in [-0.3, -0.25) is 13.9 Å². The van der Waals surface area contributed by atoms with E-state index >= 15 is 0 Å². The molecule has 2 bridgehead atoms. The van der Waals surface area contributed by atoms with E-state index in [0.717, 1.165) is 30.5 Å². The molecule has 8 heteroatoms. The van der Waals surface area contributed by atoms with Crippen LogP contribution < -0.4 is 8.92 Å². The Balaban J connectivity index is 0.963. The predicted octanol–water partition coefficient (Wildman–Crippen LogP) is 3.58. The van der Waals surface area contributed by atoms with Crippen molar-refractivity contribution >= 4 is 17.1 Å². The summed E-state index contributed by atoms with van der Waals surface area (Å²) < 4.78 is 30.6. The van der Waals surface area contributed by atoms with Gasteiger partial charge in [0.1, 0.15) is 0 Å². The van der Waals surface area contributed by atoms with Crippen LogP contribution in [-0.2, 0) is 44.1 Å². The summed E-state index contributed by atoms with van der Waals surface area (Å²) in [6.07, 6.45) is 8.03. The van der Waals surface area contributed by atoms with Gasteiger partial charge >= 0.3 is 11.4 Å². The zero-order valence-corrected chi connectivity index (χ0v) is 22.5. The molecule has 2 aliphatic heterocycles. The Morgan fingerprint density at radius 3 is 2.85 bits per heavy atom. The first-order chi connectivity index (χ1) is 19.0. The van der Waals surface area contributed by atoms with Gasteiger partial charge in [-0.2, -0.15) is 4.21 Å². The lowest BCUT2D eigenvalue weighted by Gasteiger charge is -2.47. The molecule has 7 unspecified atom stereocenters. The highest BCUT2D eigenvalue weighted by Gasteiger charge is 2.91. The number of fused-ring (bicyclic) bond motifs is 2. The Bertz CT molecular complexity index is 1520. The van der Waals surface area contributed by atoms with Crippen LogP contribution in [0.1, 0.15) is 60.8 Å². The van der Waals surface area contributed by atoms with Crippen LogP contribution in [0.15, 0.2) is 48.0 Å². The summed E-state index contributed by atoms with van der Waals surface area (Å²) in [5.41, 5.74) is 4.11. The largest absolute Gasteiger partial charge is 0.477 e. The summed E-state index contributed by atoms with van der Waals surface area (Å²) in [6.45, 7) is 1.29. The van der Waals surface area contributed by atoms with Crippen molar-refractivity contribution in [2.75, 3.05) is 13.2 Å². The van der Waals surface area contributed by atoms with Crippen LogP contribution >= 0.6 is 0 Å². The van der Waals surface area contributed by atoms with Crippen LogP contribution in [0.3, 0.4) is 0 Å². The summed E-state index contributed by atoms with van der Waals surface area (Å²) in [5, 5.41) is 12.2. The van der Waals surface area contributed by atoms with Crippen LogP contribution in [0.5, 0.6) is 11.5 Å². The van der Waals surface area contributed by atoms with Crippen LogP contribution in [0, 0.1) is 5.92 Å². The minimum absolute atomic E-state index is 0.0413. The molecule has 0 amide bonds. The second-order valence-corrected chi connectivity index (χ2v) is 13.5. The van der Waals surface area contributed by atoms with Crippen molar-refractivity contribution in [3.8, 4) is 11.5 Å². The minimum Gasteiger partial charge on any atom is -0.477 e. The van der Waals surface area contributed by atoms with E-state index in [1.807, 2.05) is 6.07 Å². The molecule has 1 saturated heterocycles. The van der Waals surface area contributed by atoms with E-state index < -0.39 is 28.5 Å². The number of hydrogen-bond donors (Lipinski definition) is 1. The number of ketones is 1. The van der Waals surface area contributed by atoms with Gasteiger partial charge in [0.2, 0.25) is 0 Å². The highest BCUT2D eigenvalue weighted by atomic mass is 32.2. The second kappa shape index (κ2) is 7.60. The van der Waals surface area contributed by atoms with Gasteiger partial charge in [-0.05, 0) is 73.6 Å². The standard InChI is InChI=1S/C31H31NO6S/c33-23-11-13-31(34)28-30(32(28)16-19-5-6-19)17-29(31)25-22(30)9-10-24(26(25)37-27(23)29)38-39(35)36-14-12-18-7-8-20-3-1-2-4-21(20)15-18/h1-4,7,9-10,19,27-28,34H,5-6,8,11-17H2. The molecule has 4 fully saturated rings. The number of Topliss-reactive ketones (excluding diaryl/α,β-unsaturated/α-hetero) is 1. The number of hydrogen-bond acceptors (Lipinski definition) is 7. The number of nitrogens with zero attached hydrogens (tertiary/aromatic N) is 1. The molecule has 7 aliphatic rings. The van der Waals surface area contributed by atoms with E-state index in [1.165, 1.54) is 29.5 Å². The molecule has 7 atom stereocenters. The molecule has 2 spiro atoms. The van der Waals surface area contributed by atoms with Crippen molar-refractivity contribution in [1.29, 1.82) is 0 Å². The summed E-state index contributed by atoms with van der Waals surface area (Å²) >= 11 is -2.01. The molecule has 7 nitrogen and oxygen atoms in total. The number of likely N-dealkylation sites (tertiary alicyclic amines) is 1. The SMILES string of the molecule is O=C1CCC2(O)C3N(CC4CC4)C34CC23c2c4ccc(OS(=O)OCCC4=CCc5ccccc5C4)c2OC13. The van der Waals surface area contributed by atoms with Gasteiger partial charge in [0, 0.05) is 18.5 Å². The summed E-state index contributed by atoms with van der Waals surface area (Å²) in [7, 11) is 0. The fourth-order valence-corrected chi connectivity index (χ4v) is 9.55. The monoisotopic (exact) mass is 545 g/mol. The van der Waals surface area contributed by atoms with Crippen molar-refractivity contribution in [2.45, 2.75) is 80.1 Å². The van der Waals surface area contributed by atoms with E-state index in [1.54, 1.807) is 0 Å². The molecule has 3 saturated carbocycles. The molecule has 0 radical (unpaired) electrons. The summed E-state index contributed by atoms with van der Waals surface area (Å²) in [6, 6.07) is 12.4. The van der Waals surface area contributed by atoms with E-state index in [-0.39, 0.29) is 24.0 Å². The number of ether oxygens (including phenoxy) is 1.